The molecule has 4 rings (SSSR count). The van der Waals surface area contributed by atoms with Gasteiger partial charge in [-0.05, 0) is 48.6 Å². The maximum atomic E-state index is 13.9. The Morgan fingerprint density at radius 2 is 1.82 bits per heavy atom. The number of primary amides is 1. The minimum atomic E-state index is -1.01. The average molecular weight is 467 g/mol. The molecule has 1 aliphatic heterocycles. The summed E-state index contributed by atoms with van der Waals surface area (Å²) in [6.45, 7) is 3.46. The van der Waals surface area contributed by atoms with Gasteiger partial charge in [0.25, 0.3) is 0 Å². The zero-order valence-electron chi connectivity index (χ0n) is 18.7. The molecular formula is C25H26N2O5S. The Morgan fingerprint density at radius 1 is 1.09 bits per heavy atom. The van der Waals surface area contributed by atoms with Crippen molar-refractivity contribution < 1.29 is 23.5 Å². The fourth-order valence-corrected chi connectivity index (χ4v) is 5.93. The fourth-order valence-electron chi connectivity index (χ4n) is 4.82. The van der Waals surface area contributed by atoms with Gasteiger partial charge in [-0.1, -0.05) is 30.3 Å². The van der Waals surface area contributed by atoms with E-state index in [9.17, 15) is 14.4 Å². The van der Waals surface area contributed by atoms with Crippen molar-refractivity contribution >= 4 is 28.9 Å². The second-order valence-electron chi connectivity index (χ2n) is 8.23. The summed E-state index contributed by atoms with van der Waals surface area (Å²) in [6.07, 6.45) is 0. The summed E-state index contributed by atoms with van der Waals surface area (Å²) in [6, 6.07) is 12.8. The van der Waals surface area contributed by atoms with Gasteiger partial charge in [-0.15, -0.1) is 11.3 Å². The van der Waals surface area contributed by atoms with E-state index in [1.807, 2.05) is 48.7 Å². The molecule has 1 saturated heterocycles. The van der Waals surface area contributed by atoms with E-state index in [-0.39, 0.29) is 18.2 Å². The zero-order chi connectivity index (χ0) is 23.7. The Labute approximate surface area is 196 Å². The topological polar surface area (TPSA) is 103 Å². The fraction of sp³-hybridized carbons (Fsp3) is 0.320. The zero-order valence-corrected chi connectivity index (χ0v) is 19.5. The smallest absolute Gasteiger partial charge is 0.249 e. The predicted molar refractivity (Wildman–Crippen MR) is 124 cm³/mol. The number of hydrogen-bond acceptors (Lipinski definition) is 6. The van der Waals surface area contributed by atoms with Gasteiger partial charge in [-0.3, -0.25) is 14.4 Å². The number of benzene rings is 1. The van der Waals surface area contributed by atoms with Gasteiger partial charge in [0, 0.05) is 17.9 Å². The lowest BCUT2D eigenvalue weighted by Gasteiger charge is -2.30. The third-order valence-electron chi connectivity index (χ3n) is 6.15. The minimum Gasteiger partial charge on any atom is -0.458 e. The van der Waals surface area contributed by atoms with Crippen molar-refractivity contribution in [3.05, 3.63) is 81.4 Å². The van der Waals surface area contributed by atoms with Crippen molar-refractivity contribution in [1.29, 1.82) is 0 Å². The predicted octanol–water partition coefficient (Wildman–Crippen LogP) is 3.62. The number of amides is 2. The van der Waals surface area contributed by atoms with E-state index in [0.29, 0.717) is 5.76 Å². The largest absolute Gasteiger partial charge is 0.458 e. The van der Waals surface area contributed by atoms with Crippen LogP contribution in [0.2, 0.25) is 0 Å². The summed E-state index contributed by atoms with van der Waals surface area (Å²) in [5.41, 5.74) is 7.59. The van der Waals surface area contributed by atoms with E-state index in [4.69, 9.17) is 14.9 Å². The maximum absolute atomic E-state index is 13.9. The number of thiophene rings is 1. The molecule has 2 amide bonds. The van der Waals surface area contributed by atoms with Crippen LogP contribution in [0.1, 0.15) is 44.3 Å². The molecule has 7 nitrogen and oxygen atoms in total. The van der Waals surface area contributed by atoms with Gasteiger partial charge < -0.3 is 19.8 Å². The molecule has 2 aromatic heterocycles. The molecule has 3 heterocycles. The molecule has 3 aromatic rings. The molecule has 0 aliphatic carbocycles. The number of methoxy groups -OCH3 is 1. The van der Waals surface area contributed by atoms with Gasteiger partial charge in [0.05, 0.1) is 12.0 Å². The second kappa shape index (κ2) is 9.33. The molecule has 0 bridgehead atoms. The van der Waals surface area contributed by atoms with Crippen LogP contribution in [0.4, 0.5) is 0 Å². The van der Waals surface area contributed by atoms with Crippen LogP contribution in [0.5, 0.6) is 0 Å². The number of furan rings is 1. The highest BCUT2D eigenvalue weighted by molar-refractivity contribution is 7.10. The van der Waals surface area contributed by atoms with Crippen LogP contribution in [-0.2, 0) is 14.3 Å². The molecule has 172 valence electrons. The summed E-state index contributed by atoms with van der Waals surface area (Å²) in [7, 11) is 1.42. The van der Waals surface area contributed by atoms with E-state index in [2.05, 4.69) is 0 Å². The first kappa shape index (κ1) is 22.9. The lowest BCUT2D eigenvalue weighted by atomic mass is 9.79. The Bertz CT molecular complexity index is 1170. The molecule has 2 N–H and O–H groups in total. The Morgan fingerprint density at radius 3 is 2.36 bits per heavy atom. The van der Waals surface area contributed by atoms with Crippen LogP contribution < -0.4 is 5.73 Å². The van der Waals surface area contributed by atoms with Crippen LogP contribution in [0.25, 0.3) is 0 Å². The molecule has 0 radical (unpaired) electrons. The first-order valence-corrected chi connectivity index (χ1v) is 11.5. The molecular weight excluding hydrogens is 440 g/mol. The number of hydrogen-bond donors (Lipinski definition) is 1. The van der Waals surface area contributed by atoms with Gasteiger partial charge in [0.2, 0.25) is 17.6 Å². The van der Waals surface area contributed by atoms with Gasteiger partial charge in [0.15, 0.2) is 5.76 Å². The SMILES string of the molecule is COCC(=O)N1C(C(N)=O)C(c2sccc2C)C(C(=O)c2ccc(C)o2)C1c1ccccc1. The normalized spacial score (nSPS) is 22.5. The molecule has 1 aliphatic rings. The molecule has 0 saturated carbocycles. The third kappa shape index (κ3) is 4.12. The van der Waals surface area contributed by atoms with Crippen molar-refractivity contribution in [2.45, 2.75) is 31.8 Å². The Kier molecular flexibility index (Phi) is 6.49. The lowest BCUT2D eigenvalue weighted by Crippen LogP contribution is -2.47. The number of rotatable bonds is 7. The van der Waals surface area contributed by atoms with Crippen LogP contribution in [0.15, 0.2) is 58.3 Å². The molecule has 33 heavy (non-hydrogen) atoms. The summed E-state index contributed by atoms with van der Waals surface area (Å²) in [4.78, 5) is 42.4. The molecule has 1 fully saturated rings. The van der Waals surface area contributed by atoms with Gasteiger partial charge in [0.1, 0.15) is 18.4 Å². The first-order chi connectivity index (χ1) is 15.8. The number of nitrogens with zero attached hydrogens (tertiary/aromatic N) is 1. The molecule has 4 atom stereocenters. The standard InChI is InChI=1S/C25H26N2O5S/c1-14-11-12-33-24(14)20-19(23(29)17-10-9-15(2)32-17)21(16-7-5-4-6-8-16)27(18(28)13-31-3)22(20)25(26)30/h4-12,19-22H,13H2,1-3H3,(H2,26,30). The summed E-state index contributed by atoms with van der Waals surface area (Å²) >= 11 is 1.45. The van der Waals surface area contributed by atoms with E-state index in [1.54, 1.807) is 19.1 Å². The van der Waals surface area contributed by atoms with Crippen LogP contribution >= 0.6 is 11.3 Å². The summed E-state index contributed by atoms with van der Waals surface area (Å²) in [5.74, 6) is -1.92. The van der Waals surface area contributed by atoms with E-state index in [0.717, 1.165) is 16.0 Å². The number of aryl methyl sites for hydroxylation is 2. The molecule has 1 aromatic carbocycles. The van der Waals surface area contributed by atoms with Crippen molar-refractivity contribution in [2.24, 2.45) is 11.7 Å². The Balaban J connectivity index is 1.97. The number of Topliss-reactive ketones (excluding diaryl/α,β-unsaturated/α-hetero) is 1. The summed E-state index contributed by atoms with van der Waals surface area (Å²) < 4.78 is 10.8. The second-order valence-corrected chi connectivity index (χ2v) is 9.18. The minimum absolute atomic E-state index is 0.196. The van der Waals surface area contributed by atoms with E-state index < -0.39 is 35.7 Å². The van der Waals surface area contributed by atoms with Crippen molar-refractivity contribution in [2.75, 3.05) is 13.7 Å². The third-order valence-corrected chi connectivity index (χ3v) is 7.27. The van der Waals surface area contributed by atoms with E-state index in [1.165, 1.54) is 23.3 Å². The van der Waals surface area contributed by atoms with Crippen molar-refractivity contribution in [3.63, 3.8) is 0 Å². The number of carbonyl (C=O) groups excluding carboxylic acids is 3. The number of nitrogens with two attached hydrogens (primary N) is 1. The number of ketones is 1. The molecule has 8 heteroatoms. The highest BCUT2D eigenvalue weighted by Crippen LogP contribution is 2.52. The van der Waals surface area contributed by atoms with Gasteiger partial charge in [-0.2, -0.15) is 0 Å². The van der Waals surface area contributed by atoms with Gasteiger partial charge in [-0.25, -0.2) is 0 Å². The number of likely N-dealkylation sites (tertiary alicyclic amines) is 1. The summed E-state index contributed by atoms with van der Waals surface area (Å²) in [5, 5.41) is 1.92. The average Bonchev–Trinajstić information content (AvgIpc) is 3.50. The highest BCUT2D eigenvalue weighted by atomic mass is 32.1. The number of carbonyl (C=O) groups is 3. The van der Waals surface area contributed by atoms with E-state index >= 15 is 0 Å². The van der Waals surface area contributed by atoms with Crippen molar-refractivity contribution in [1.82, 2.24) is 4.90 Å². The van der Waals surface area contributed by atoms with Gasteiger partial charge >= 0.3 is 0 Å². The molecule has 0 spiro atoms. The monoisotopic (exact) mass is 466 g/mol. The van der Waals surface area contributed by atoms with Crippen LogP contribution in [0.3, 0.4) is 0 Å². The van der Waals surface area contributed by atoms with Crippen LogP contribution in [-0.4, -0.2) is 42.3 Å². The number of ether oxygens (including phenoxy) is 1. The molecule has 4 unspecified atom stereocenters. The van der Waals surface area contributed by atoms with Crippen LogP contribution in [0, 0.1) is 19.8 Å². The quantitative estimate of drug-likeness (QED) is 0.536. The maximum Gasteiger partial charge on any atom is 0.249 e. The Hall–Kier alpha value is -3.23. The lowest BCUT2D eigenvalue weighted by molar-refractivity contribution is -0.143. The van der Waals surface area contributed by atoms with Crippen molar-refractivity contribution in [3.8, 4) is 0 Å². The highest BCUT2D eigenvalue weighted by Gasteiger charge is 2.57. The first-order valence-electron chi connectivity index (χ1n) is 10.6.